The summed E-state index contributed by atoms with van der Waals surface area (Å²) in [6.45, 7) is 3.41. The second-order valence-corrected chi connectivity index (χ2v) is 3.22. The molecule has 1 aromatic carbocycles. The molecular formula is C10H14F2N2. The minimum atomic E-state index is -0.557. The van der Waals surface area contributed by atoms with Crippen molar-refractivity contribution in [2.75, 3.05) is 0 Å². The van der Waals surface area contributed by atoms with Gasteiger partial charge in [-0.1, -0.05) is 13.0 Å². The molecule has 0 aliphatic carbocycles. The Morgan fingerprint density at radius 3 is 2.57 bits per heavy atom. The minimum Gasteiger partial charge on any atom is -0.271 e. The molecule has 2 nitrogen and oxygen atoms in total. The molecular weight excluding hydrogens is 186 g/mol. The van der Waals surface area contributed by atoms with Crippen LogP contribution in [0.3, 0.4) is 0 Å². The Hall–Kier alpha value is -1.00. The van der Waals surface area contributed by atoms with Gasteiger partial charge in [0.05, 0.1) is 6.04 Å². The van der Waals surface area contributed by atoms with Crippen LogP contribution in [0.5, 0.6) is 0 Å². The van der Waals surface area contributed by atoms with Gasteiger partial charge in [-0.05, 0) is 25.0 Å². The van der Waals surface area contributed by atoms with Crippen molar-refractivity contribution in [3.63, 3.8) is 0 Å². The number of hydrazine groups is 1. The van der Waals surface area contributed by atoms with Gasteiger partial charge in [-0.2, -0.15) is 0 Å². The van der Waals surface area contributed by atoms with E-state index >= 15 is 0 Å². The number of aryl methyl sites for hydroxylation is 1. The second kappa shape index (κ2) is 4.48. The average molecular weight is 200 g/mol. The van der Waals surface area contributed by atoms with E-state index in [4.69, 9.17) is 5.84 Å². The summed E-state index contributed by atoms with van der Waals surface area (Å²) in [6, 6.07) is 2.19. The topological polar surface area (TPSA) is 38.0 Å². The van der Waals surface area contributed by atoms with E-state index in [1.165, 1.54) is 12.1 Å². The van der Waals surface area contributed by atoms with E-state index in [1.54, 1.807) is 6.92 Å². The van der Waals surface area contributed by atoms with Crippen LogP contribution >= 0.6 is 0 Å². The number of hydrogen-bond donors (Lipinski definition) is 2. The summed E-state index contributed by atoms with van der Waals surface area (Å²) in [6.07, 6.45) is 0.536. The molecule has 1 unspecified atom stereocenters. The number of rotatable bonds is 3. The van der Waals surface area contributed by atoms with E-state index in [0.29, 0.717) is 12.0 Å². The van der Waals surface area contributed by atoms with Gasteiger partial charge in [-0.15, -0.1) is 0 Å². The van der Waals surface area contributed by atoms with E-state index in [2.05, 4.69) is 5.43 Å². The molecule has 0 amide bonds. The normalized spacial score (nSPS) is 12.9. The Kier molecular flexibility index (Phi) is 3.55. The summed E-state index contributed by atoms with van der Waals surface area (Å²) in [5.41, 5.74) is 2.85. The average Bonchev–Trinajstić information content (AvgIpc) is 2.19. The summed E-state index contributed by atoms with van der Waals surface area (Å²) < 4.78 is 26.9. The van der Waals surface area contributed by atoms with Gasteiger partial charge in [0.2, 0.25) is 0 Å². The molecule has 0 spiro atoms. The summed E-state index contributed by atoms with van der Waals surface area (Å²) in [5, 5.41) is 0. The molecule has 1 rings (SSSR count). The Bertz CT molecular complexity index is 322. The van der Waals surface area contributed by atoms with Crippen LogP contribution in [0.2, 0.25) is 0 Å². The number of halogens is 2. The van der Waals surface area contributed by atoms with Crippen molar-refractivity contribution in [3.8, 4) is 0 Å². The van der Waals surface area contributed by atoms with E-state index in [-0.39, 0.29) is 5.56 Å². The van der Waals surface area contributed by atoms with E-state index < -0.39 is 17.7 Å². The molecule has 4 heteroatoms. The Labute approximate surface area is 82.1 Å². The summed E-state index contributed by atoms with van der Waals surface area (Å²) in [4.78, 5) is 0. The smallest absolute Gasteiger partial charge is 0.133 e. The zero-order chi connectivity index (χ0) is 10.7. The van der Waals surface area contributed by atoms with Crippen molar-refractivity contribution in [3.05, 3.63) is 34.9 Å². The van der Waals surface area contributed by atoms with Crippen LogP contribution in [0.25, 0.3) is 0 Å². The lowest BCUT2D eigenvalue weighted by Crippen LogP contribution is -2.29. The zero-order valence-corrected chi connectivity index (χ0v) is 8.27. The highest BCUT2D eigenvalue weighted by Gasteiger charge is 2.18. The molecule has 14 heavy (non-hydrogen) atoms. The first kappa shape index (κ1) is 11.1. The zero-order valence-electron chi connectivity index (χ0n) is 8.27. The van der Waals surface area contributed by atoms with Crippen molar-refractivity contribution in [1.29, 1.82) is 0 Å². The van der Waals surface area contributed by atoms with Gasteiger partial charge in [0.1, 0.15) is 11.6 Å². The first-order valence-corrected chi connectivity index (χ1v) is 4.52. The fourth-order valence-electron chi connectivity index (χ4n) is 1.40. The van der Waals surface area contributed by atoms with E-state index in [9.17, 15) is 8.78 Å². The van der Waals surface area contributed by atoms with Gasteiger partial charge in [0.25, 0.3) is 0 Å². The van der Waals surface area contributed by atoms with Crippen LogP contribution in [0, 0.1) is 18.6 Å². The van der Waals surface area contributed by atoms with Gasteiger partial charge in [0.15, 0.2) is 0 Å². The van der Waals surface area contributed by atoms with Crippen molar-refractivity contribution < 1.29 is 8.78 Å². The van der Waals surface area contributed by atoms with Crippen LogP contribution < -0.4 is 11.3 Å². The first-order chi connectivity index (χ1) is 6.61. The van der Waals surface area contributed by atoms with Crippen LogP contribution in [0.4, 0.5) is 8.78 Å². The van der Waals surface area contributed by atoms with Gasteiger partial charge in [-0.25, -0.2) is 8.78 Å². The summed E-state index contributed by atoms with van der Waals surface area (Å²) >= 11 is 0. The first-order valence-electron chi connectivity index (χ1n) is 4.52. The molecule has 0 saturated carbocycles. The van der Waals surface area contributed by atoms with Gasteiger partial charge in [-0.3, -0.25) is 11.3 Å². The predicted molar refractivity (Wildman–Crippen MR) is 51.5 cm³/mol. The van der Waals surface area contributed by atoms with E-state index in [1.807, 2.05) is 6.92 Å². The highest BCUT2D eigenvalue weighted by atomic mass is 19.1. The van der Waals surface area contributed by atoms with Crippen LogP contribution in [0.1, 0.15) is 30.5 Å². The number of benzene rings is 1. The summed E-state index contributed by atoms with van der Waals surface area (Å²) in [5.74, 6) is 4.14. The summed E-state index contributed by atoms with van der Waals surface area (Å²) in [7, 11) is 0. The van der Waals surface area contributed by atoms with Crippen LogP contribution in [0.15, 0.2) is 12.1 Å². The Morgan fingerprint density at radius 2 is 2.07 bits per heavy atom. The van der Waals surface area contributed by atoms with Gasteiger partial charge >= 0.3 is 0 Å². The molecule has 0 fully saturated rings. The third kappa shape index (κ3) is 1.91. The maximum absolute atomic E-state index is 13.6. The molecule has 1 aromatic rings. The molecule has 0 radical (unpaired) electrons. The van der Waals surface area contributed by atoms with Crippen LogP contribution in [-0.2, 0) is 0 Å². The van der Waals surface area contributed by atoms with Crippen molar-refractivity contribution in [2.24, 2.45) is 5.84 Å². The predicted octanol–water partition coefficient (Wildman–Crippen LogP) is 2.19. The maximum Gasteiger partial charge on any atom is 0.133 e. The standard InChI is InChI=1S/C10H14F2N2/c1-3-8(14-13)9-7(11)5-4-6(2)10(9)12/h4-5,8,14H,3,13H2,1-2H3. The molecule has 0 saturated heterocycles. The molecule has 0 aliphatic rings. The largest absolute Gasteiger partial charge is 0.271 e. The van der Waals surface area contributed by atoms with Gasteiger partial charge in [0, 0.05) is 5.56 Å². The Balaban J connectivity index is 3.23. The molecule has 0 heterocycles. The maximum atomic E-state index is 13.6. The van der Waals surface area contributed by atoms with Gasteiger partial charge < -0.3 is 0 Å². The number of hydrogen-bond acceptors (Lipinski definition) is 2. The highest BCUT2D eigenvalue weighted by Crippen LogP contribution is 2.24. The minimum absolute atomic E-state index is 0.0231. The molecule has 0 aliphatic heterocycles. The van der Waals surface area contributed by atoms with Crippen LogP contribution in [-0.4, -0.2) is 0 Å². The lowest BCUT2D eigenvalue weighted by Gasteiger charge is -2.16. The molecule has 0 aromatic heterocycles. The number of nitrogens with two attached hydrogens (primary N) is 1. The quantitative estimate of drug-likeness (QED) is 0.579. The van der Waals surface area contributed by atoms with Crippen molar-refractivity contribution in [2.45, 2.75) is 26.3 Å². The monoisotopic (exact) mass is 200 g/mol. The third-order valence-electron chi connectivity index (χ3n) is 2.28. The lowest BCUT2D eigenvalue weighted by atomic mass is 10.0. The fraction of sp³-hybridized carbons (Fsp3) is 0.400. The van der Waals surface area contributed by atoms with E-state index in [0.717, 1.165) is 0 Å². The second-order valence-electron chi connectivity index (χ2n) is 3.22. The fourth-order valence-corrected chi connectivity index (χ4v) is 1.40. The molecule has 3 N–H and O–H groups in total. The molecule has 78 valence electrons. The van der Waals surface area contributed by atoms with Crippen molar-refractivity contribution >= 4 is 0 Å². The molecule has 1 atom stereocenters. The highest BCUT2D eigenvalue weighted by molar-refractivity contribution is 5.29. The Morgan fingerprint density at radius 1 is 1.43 bits per heavy atom. The molecule has 0 bridgehead atoms. The lowest BCUT2D eigenvalue weighted by molar-refractivity contribution is 0.463. The SMILES string of the molecule is CCC(NN)c1c(F)ccc(C)c1F. The van der Waals surface area contributed by atoms with Crippen molar-refractivity contribution in [1.82, 2.24) is 5.43 Å². The third-order valence-corrected chi connectivity index (χ3v) is 2.28. The number of nitrogens with one attached hydrogen (secondary N) is 1.